The number of carbonyl (C=O) groups is 5. The summed E-state index contributed by atoms with van der Waals surface area (Å²) in [6.45, 7) is 3.52. The van der Waals surface area contributed by atoms with E-state index in [1.807, 2.05) is 48.5 Å². The van der Waals surface area contributed by atoms with Gasteiger partial charge in [-0.15, -0.1) is 0 Å². The number of rotatable bonds is 27. The van der Waals surface area contributed by atoms with Crippen molar-refractivity contribution in [2.75, 3.05) is 38.4 Å². The summed E-state index contributed by atoms with van der Waals surface area (Å²) in [6, 6.07) is 13.8. The van der Waals surface area contributed by atoms with Crippen LogP contribution in [-0.2, 0) is 33.4 Å². The van der Waals surface area contributed by atoms with E-state index in [0.29, 0.717) is 12.2 Å². The highest BCUT2D eigenvalue weighted by atomic mass is 32.2. The fraction of sp³-hybridized carbons (Fsp3) is 0.595. The molecule has 298 valence electrons. The van der Waals surface area contributed by atoms with E-state index in [2.05, 4.69) is 22.9 Å². The van der Waals surface area contributed by atoms with Crippen LogP contribution in [0.1, 0.15) is 121 Å². The van der Waals surface area contributed by atoms with E-state index in [1.165, 1.54) is 90.0 Å². The number of esters is 2. The van der Waals surface area contributed by atoms with Gasteiger partial charge in [0.1, 0.15) is 25.3 Å². The van der Waals surface area contributed by atoms with Crippen LogP contribution in [0.5, 0.6) is 0 Å². The molecular formula is C42H61N3O8S. The Balaban J connectivity index is 1.32. The quantitative estimate of drug-likeness (QED) is 0.0479. The second kappa shape index (κ2) is 25.9. The Labute approximate surface area is 325 Å². The Morgan fingerprint density at radius 1 is 0.722 bits per heavy atom. The number of methoxy groups -OCH3 is 1. The highest BCUT2D eigenvalue weighted by molar-refractivity contribution is 7.99. The maximum Gasteiger partial charge on any atom is 0.407 e. The normalized spacial score (nSPS) is 12.9. The maximum absolute atomic E-state index is 13.2. The molecule has 1 aliphatic rings. The number of hydrogen-bond donors (Lipinski definition) is 3. The van der Waals surface area contributed by atoms with Gasteiger partial charge in [-0.3, -0.25) is 14.4 Å². The highest BCUT2D eigenvalue weighted by Crippen LogP contribution is 2.44. The van der Waals surface area contributed by atoms with E-state index in [-0.39, 0.29) is 37.4 Å². The van der Waals surface area contributed by atoms with Crippen LogP contribution in [0.3, 0.4) is 0 Å². The lowest BCUT2D eigenvalue weighted by molar-refractivity contribution is -0.145. The molecule has 3 rings (SSSR count). The first-order valence-electron chi connectivity index (χ1n) is 19.7. The van der Waals surface area contributed by atoms with Gasteiger partial charge < -0.3 is 30.2 Å². The van der Waals surface area contributed by atoms with Gasteiger partial charge in [0.2, 0.25) is 11.8 Å². The zero-order valence-corrected chi connectivity index (χ0v) is 33.3. The topological polar surface area (TPSA) is 149 Å². The van der Waals surface area contributed by atoms with E-state index in [0.717, 1.165) is 41.5 Å². The molecule has 0 saturated carbocycles. The zero-order valence-electron chi connectivity index (χ0n) is 32.5. The lowest BCUT2D eigenvalue weighted by atomic mass is 9.98. The fourth-order valence-electron chi connectivity index (χ4n) is 6.65. The number of carbonyl (C=O) groups excluding carboxylic acids is 5. The van der Waals surface area contributed by atoms with Crippen molar-refractivity contribution in [3.8, 4) is 11.1 Å². The Bertz CT molecular complexity index is 1430. The predicted molar refractivity (Wildman–Crippen MR) is 213 cm³/mol. The number of unbranched alkanes of at least 4 members (excludes halogenated alkanes) is 12. The summed E-state index contributed by atoms with van der Waals surface area (Å²) in [5.41, 5.74) is 4.33. The molecule has 3 amide bonds. The monoisotopic (exact) mass is 767 g/mol. The lowest BCUT2D eigenvalue weighted by Crippen LogP contribution is -2.55. The summed E-state index contributed by atoms with van der Waals surface area (Å²) < 4.78 is 15.8. The second-order valence-corrected chi connectivity index (χ2v) is 15.0. The molecule has 0 heterocycles. The summed E-state index contributed by atoms with van der Waals surface area (Å²) in [7, 11) is 1.18. The number of hydrogen-bond acceptors (Lipinski definition) is 9. The van der Waals surface area contributed by atoms with E-state index >= 15 is 0 Å². The minimum Gasteiger partial charge on any atom is -0.467 e. The molecule has 12 heteroatoms. The van der Waals surface area contributed by atoms with Gasteiger partial charge in [-0.25, -0.2) is 9.59 Å². The minimum absolute atomic E-state index is 0.0890. The molecule has 54 heavy (non-hydrogen) atoms. The van der Waals surface area contributed by atoms with Gasteiger partial charge in [-0.05, 0) is 28.7 Å². The van der Waals surface area contributed by atoms with Crippen molar-refractivity contribution >= 4 is 41.6 Å². The number of nitrogens with one attached hydrogen (secondary N) is 3. The molecule has 0 aromatic heterocycles. The third kappa shape index (κ3) is 16.1. The highest BCUT2D eigenvalue weighted by Gasteiger charge is 2.30. The summed E-state index contributed by atoms with van der Waals surface area (Å²) >= 11 is 1.33. The predicted octanol–water partition coefficient (Wildman–Crippen LogP) is 7.45. The van der Waals surface area contributed by atoms with Crippen molar-refractivity contribution in [2.24, 2.45) is 0 Å². The number of benzene rings is 2. The largest absolute Gasteiger partial charge is 0.467 e. The zero-order chi connectivity index (χ0) is 39.0. The van der Waals surface area contributed by atoms with Crippen LogP contribution in [0, 0.1) is 0 Å². The summed E-state index contributed by atoms with van der Waals surface area (Å²) in [5.74, 6) is -1.59. The van der Waals surface area contributed by atoms with Gasteiger partial charge in [-0.1, -0.05) is 133 Å². The maximum atomic E-state index is 13.2. The molecule has 2 aromatic carbocycles. The van der Waals surface area contributed by atoms with Gasteiger partial charge in [0.15, 0.2) is 0 Å². The fourth-order valence-corrected chi connectivity index (χ4v) is 7.48. The van der Waals surface area contributed by atoms with E-state index in [9.17, 15) is 24.0 Å². The molecule has 0 unspecified atom stereocenters. The van der Waals surface area contributed by atoms with Gasteiger partial charge in [0.05, 0.1) is 13.7 Å². The number of ether oxygens (including phenoxy) is 3. The molecule has 3 N–H and O–H groups in total. The number of fused-ring (bicyclic) bond motifs is 3. The third-order valence-corrected chi connectivity index (χ3v) is 10.6. The molecular weight excluding hydrogens is 707 g/mol. The average Bonchev–Trinajstić information content (AvgIpc) is 3.49. The van der Waals surface area contributed by atoms with Gasteiger partial charge >= 0.3 is 18.0 Å². The van der Waals surface area contributed by atoms with Crippen LogP contribution >= 0.6 is 11.8 Å². The SMILES string of the molecule is CCCCCCCCCCCCCCCC(=O)OCCSC[C@H](NC(C)=O)C(=O)N[C@@H](CNC(=O)OCC1c2ccccc2-c2ccccc21)C(=O)OC. The standard InChI is InChI=1S/C42H61N3O8S/c1-4-5-6-7-8-9-10-11-12-13-14-15-16-25-39(47)52-26-27-54-30-38(44-31(2)46)40(48)45-37(41(49)51-3)28-43-42(50)53-29-36-34-23-19-17-21-32(34)33-22-18-20-24-35(33)36/h17-24,36-38H,4-16,25-30H2,1-3H3,(H,43,50)(H,44,46)(H,45,48)/t37-,38-/m0/s1. The van der Waals surface area contributed by atoms with Crippen LogP contribution in [-0.4, -0.2) is 80.3 Å². The van der Waals surface area contributed by atoms with Crippen molar-refractivity contribution in [3.05, 3.63) is 59.7 Å². The van der Waals surface area contributed by atoms with Crippen molar-refractivity contribution < 1.29 is 38.2 Å². The number of alkyl carbamates (subject to hydrolysis) is 1. The third-order valence-electron chi connectivity index (χ3n) is 9.55. The van der Waals surface area contributed by atoms with Crippen LogP contribution in [0.25, 0.3) is 11.1 Å². The van der Waals surface area contributed by atoms with E-state index < -0.39 is 36.0 Å². The van der Waals surface area contributed by atoms with Gasteiger partial charge in [0, 0.05) is 30.8 Å². The molecule has 0 aliphatic heterocycles. The van der Waals surface area contributed by atoms with Crippen molar-refractivity contribution in [1.29, 1.82) is 0 Å². The van der Waals surface area contributed by atoms with Crippen molar-refractivity contribution in [2.45, 2.75) is 122 Å². The van der Waals surface area contributed by atoms with Crippen molar-refractivity contribution in [1.82, 2.24) is 16.0 Å². The first-order valence-corrected chi connectivity index (χ1v) is 20.9. The van der Waals surface area contributed by atoms with Crippen LogP contribution in [0.2, 0.25) is 0 Å². The molecule has 2 aromatic rings. The van der Waals surface area contributed by atoms with E-state index in [4.69, 9.17) is 14.2 Å². The minimum atomic E-state index is -1.23. The Hall–Kier alpha value is -4.06. The number of thioether (sulfide) groups is 1. The molecule has 0 radical (unpaired) electrons. The van der Waals surface area contributed by atoms with E-state index in [1.54, 1.807) is 0 Å². The van der Waals surface area contributed by atoms with Gasteiger partial charge in [0.25, 0.3) is 0 Å². The molecule has 11 nitrogen and oxygen atoms in total. The summed E-state index contributed by atoms with van der Waals surface area (Å²) in [6.07, 6.45) is 15.8. The molecule has 0 fully saturated rings. The molecule has 2 atom stereocenters. The summed E-state index contributed by atoms with van der Waals surface area (Å²) in [4.78, 5) is 62.5. The molecule has 0 bridgehead atoms. The summed E-state index contributed by atoms with van der Waals surface area (Å²) in [5, 5.41) is 7.72. The smallest absolute Gasteiger partial charge is 0.407 e. The Kier molecular flexibility index (Phi) is 21.2. The Morgan fingerprint density at radius 2 is 1.28 bits per heavy atom. The van der Waals surface area contributed by atoms with Gasteiger partial charge in [-0.2, -0.15) is 11.8 Å². The van der Waals surface area contributed by atoms with Crippen LogP contribution < -0.4 is 16.0 Å². The van der Waals surface area contributed by atoms with Crippen LogP contribution in [0.15, 0.2) is 48.5 Å². The van der Waals surface area contributed by atoms with Crippen molar-refractivity contribution in [3.63, 3.8) is 0 Å². The molecule has 1 aliphatic carbocycles. The first-order chi connectivity index (χ1) is 26.2. The molecule has 0 spiro atoms. The second-order valence-electron chi connectivity index (χ2n) is 13.8. The average molecular weight is 768 g/mol. The number of amides is 3. The first kappa shape index (κ1) is 44.3. The molecule has 0 saturated heterocycles. The lowest BCUT2D eigenvalue weighted by Gasteiger charge is -2.22. The Morgan fingerprint density at radius 3 is 1.83 bits per heavy atom. The van der Waals surface area contributed by atoms with Crippen LogP contribution in [0.4, 0.5) is 4.79 Å².